The number of carbonyl (C=O) groups excluding carboxylic acids is 1. The molecule has 7 heteroatoms. The third-order valence-corrected chi connectivity index (χ3v) is 6.69. The summed E-state index contributed by atoms with van der Waals surface area (Å²) >= 11 is 7.82. The maximum absolute atomic E-state index is 13.6. The summed E-state index contributed by atoms with van der Waals surface area (Å²) < 4.78 is 12.6. The van der Waals surface area contributed by atoms with Crippen molar-refractivity contribution in [1.82, 2.24) is 4.98 Å². The minimum absolute atomic E-state index is 0.145. The van der Waals surface area contributed by atoms with E-state index in [1.165, 1.54) is 11.3 Å². The molecular weight excluding hydrogens is 432 g/mol. The third-order valence-electron chi connectivity index (χ3n) is 5.15. The van der Waals surface area contributed by atoms with E-state index in [-0.39, 0.29) is 12.5 Å². The molecule has 0 saturated heterocycles. The first-order valence-corrected chi connectivity index (χ1v) is 11.1. The van der Waals surface area contributed by atoms with E-state index >= 15 is 0 Å². The molecule has 0 radical (unpaired) electrons. The van der Waals surface area contributed by atoms with Crippen molar-refractivity contribution < 1.29 is 14.3 Å². The lowest BCUT2D eigenvalue weighted by molar-refractivity contribution is -0.127. The Morgan fingerprint density at radius 1 is 1.10 bits per heavy atom. The number of aryl methyl sites for hydroxylation is 1. The fourth-order valence-electron chi connectivity index (χ4n) is 3.53. The van der Waals surface area contributed by atoms with Gasteiger partial charge >= 0.3 is 0 Å². The van der Waals surface area contributed by atoms with Gasteiger partial charge in [0.2, 0.25) is 6.10 Å². The lowest BCUT2D eigenvalue weighted by Crippen LogP contribution is -2.46. The van der Waals surface area contributed by atoms with Crippen molar-refractivity contribution in [3.8, 4) is 11.5 Å². The molecule has 4 aromatic rings. The Kier molecular flexibility index (Phi) is 5.26. The van der Waals surface area contributed by atoms with Crippen molar-refractivity contribution in [2.24, 2.45) is 0 Å². The molecular formula is C24H19ClN2O3S. The van der Waals surface area contributed by atoms with E-state index in [4.69, 9.17) is 26.1 Å². The van der Waals surface area contributed by atoms with Crippen molar-refractivity contribution in [2.45, 2.75) is 19.6 Å². The van der Waals surface area contributed by atoms with E-state index in [0.717, 1.165) is 21.3 Å². The number of carbonyl (C=O) groups is 1. The Labute approximate surface area is 188 Å². The topological polar surface area (TPSA) is 51.7 Å². The fourth-order valence-corrected chi connectivity index (χ4v) is 4.85. The van der Waals surface area contributed by atoms with Crippen molar-refractivity contribution >= 4 is 44.2 Å². The number of thiazole rings is 1. The van der Waals surface area contributed by atoms with Crippen LogP contribution in [0.15, 0.2) is 66.7 Å². The van der Waals surface area contributed by atoms with Crippen LogP contribution in [0.4, 0.5) is 5.13 Å². The van der Waals surface area contributed by atoms with Crippen LogP contribution in [0.2, 0.25) is 5.02 Å². The molecule has 5 nitrogen and oxygen atoms in total. The minimum Gasteiger partial charge on any atom is -0.485 e. The van der Waals surface area contributed by atoms with Crippen molar-refractivity contribution in [3.05, 3.63) is 82.9 Å². The van der Waals surface area contributed by atoms with Gasteiger partial charge in [-0.25, -0.2) is 4.98 Å². The molecule has 0 saturated carbocycles. The normalized spacial score (nSPS) is 15.1. The van der Waals surface area contributed by atoms with E-state index < -0.39 is 6.10 Å². The molecule has 5 rings (SSSR count). The van der Waals surface area contributed by atoms with Crippen molar-refractivity contribution in [1.29, 1.82) is 0 Å². The van der Waals surface area contributed by atoms with Gasteiger partial charge in [-0.15, -0.1) is 0 Å². The van der Waals surface area contributed by atoms with Crippen molar-refractivity contribution in [2.75, 3.05) is 11.5 Å². The third kappa shape index (κ3) is 3.84. The van der Waals surface area contributed by atoms with E-state index in [9.17, 15) is 4.79 Å². The maximum atomic E-state index is 13.6. The van der Waals surface area contributed by atoms with Gasteiger partial charge in [0.15, 0.2) is 16.6 Å². The molecule has 31 heavy (non-hydrogen) atoms. The van der Waals surface area contributed by atoms with E-state index in [1.807, 2.05) is 67.6 Å². The zero-order chi connectivity index (χ0) is 21.4. The molecule has 1 unspecified atom stereocenters. The van der Waals surface area contributed by atoms with Gasteiger partial charge in [-0.2, -0.15) is 0 Å². The molecule has 0 bridgehead atoms. The van der Waals surface area contributed by atoms with Gasteiger partial charge in [0.25, 0.3) is 5.91 Å². The molecule has 1 aliphatic rings. The number of para-hydroxylation sites is 2. The first-order valence-electron chi connectivity index (χ1n) is 9.89. The Hall–Kier alpha value is -3.09. The number of aromatic nitrogens is 1. The zero-order valence-electron chi connectivity index (χ0n) is 16.7. The number of halogens is 1. The minimum atomic E-state index is -0.762. The summed E-state index contributed by atoms with van der Waals surface area (Å²) in [5.41, 5.74) is 2.82. The molecule has 0 aliphatic carbocycles. The van der Waals surface area contributed by atoms with Crippen LogP contribution >= 0.6 is 22.9 Å². The lowest BCUT2D eigenvalue weighted by Gasteiger charge is -2.29. The van der Waals surface area contributed by atoms with Crippen LogP contribution < -0.4 is 14.4 Å². The summed E-state index contributed by atoms with van der Waals surface area (Å²) in [5, 5.41) is 1.21. The predicted molar refractivity (Wildman–Crippen MR) is 123 cm³/mol. The highest BCUT2D eigenvalue weighted by molar-refractivity contribution is 7.23. The van der Waals surface area contributed by atoms with E-state index in [2.05, 4.69) is 0 Å². The molecule has 1 aliphatic heterocycles. The van der Waals surface area contributed by atoms with Gasteiger partial charge in [-0.3, -0.25) is 9.69 Å². The SMILES string of the molecule is Cc1ccc(Cl)c2sc(N(Cc3ccccc3)C(=O)C3COc4ccccc4O3)nc12. The number of anilines is 1. The molecule has 1 aromatic heterocycles. The summed E-state index contributed by atoms with van der Waals surface area (Å²) in [6.45, 7) is 2.50. The average molecular weight is 451 g/mol. The summed E-state index contributed by atoms with van der Waals surface area (Å²) in [7, 11) is 0. The Morgan fingerprint density at radius 2 is 1.84 bits per heavy atom. The zero-order valence-corrected chi connectivity index (χ0v) is 18.3. The standard InChI is InChI=1S/C24H19ClN2O3S/c1-15-11-12-17(25)22-21(15)26-24(31-22)27(13-16-7-3-2-4-8-16)23(28)20-14-29-18-9-5-6-10-19(18)30-20/h2-12,20H,13-14H2,1H3. The van der Waals surface area contributed by atoms with Crippen molar-refractivity contribution in [3.63, 3.8) is 0 Å². The molecule has 1 atom stereocenters. The lowest BCUT2D eigenvalue weighted by atomic mass is 10.2. The number of amides is 1. The number of benzene rings is 3. The molecule has 0 N–H and O–H groups in total. The van der Waals surface area contributed by atoms with Crippen LogP contribution in [0.3, 0.4) is 0 Å². The molecule has 156 valence electrons. The molecule has 3 aromatic carbocycles. The van der Waals surface area contributed by atoms with E-state index in [1.54, 1.807) is 11.0 Å². The van der Waals surface area contributed by atoms with Gasteiger partial charge < -0.3 is 9.47 Å². The second kappa shape index (κ2) is 8.21. The quantitative estimate of drug-likeness (QED) is 0.404. The van der Waals surface area contributed by atoms with Crippen LogP contribution in [0.25, 0.3) is 10.2 Å². The average Bonchev–Trinajstić information content (AvgIpc) is 3.26. The molecule has 0 spiro atoms. The maximum Gasteiger partial charge on any atom is 0.273 e. The number of fused-ring (bicyclic) bond motifs is 2. The Balaban J connectivity index is 1.53. The first-order chi connectivity index (χ1) is 15.1. The van der Waals surface area contributed by atoms with Crippen LogP contribution in [0.1, 0.15) is 11.1 Å². The summed E-state index contributed by atoms with van der Waals surface area (Å²) in [5.74, 6) is 1.00. The van der Waals surface area contributed by atoms with Gasteiger partial charge in [0.1, 0.15) is 6.61 Å². The largest absolute Gasteiger partial charge is 0.485 e. The monoisotopic (exact) mass is 450 g/mol. The smallest absolute Gasteiger partial charge is 0.273 e. The van der Waals surface area contributed by atoms with Gasteiger partial charge in [-0.1, -0.05) is 71.5 Å². The van der Waals surface area contributed by atoms with Gasteiger partial charge in [-0.05, 0) is 36.2 Å². The van der Waals surface area contributed by atoms with Crippen LogP contribution in [0, 0.1) is 6.92 Å². The Bertz CT molecular complexity index is 1220. The number of rotatable bonds is 4. The highest BCUT2D eigenvalue weighted by atomic mass is 35.5. The molecule has 1 amide bonds. The summed E-state index contributed by atoms with van der Waals surface area (Å²) in [6, 6.07) is 21.0. The highest BCUT2D eigenvalue weighted by Gasteiger charge is 2.33. The first kappa shape index (κ1) is 19.8. The van der Waals surface area contributed by atoms with Crippen LogP contribution in [0.5, 0.6) is 11.5 Å². The summed E-state index contributed by atoms with van der Waals surface area (Å²) in [6.07, 6.45) is -0.762. The Morgan fingerprint density at radius 3 is 2.61 bits per heavy atom. The highest BCUT2D eigenvalue weighted by Crippen LogP contribution is 2.37. The number of nitrogens with zero attached hydrogens (tertiary/aromatic N) is 2. The molecule has 0 fully saturated rings. The fraction of sp³-hybridized carbons (Fsp3) is 0.167. The van der Waals surface area contributed by atoms with Gasteiger partial charge in [0.05, 0.1) is 21.8 Å². The van der Waals surface area contributed by atoms with Crippen LogP contribution in [-0.4, -0.2) is 23.6 Å². The molecule has 2 heterocycles. The number of hydrogen-bond donors (Lipinski definition) is 0. The summed E-state index contributed by atoms with van der Waals surface area (Å²) in [4.78, 5) is 20.1. The second-order valence-electron chi connectivity index (χ2n) is 7.31. The van der Waals surface area contributed by atoms with Gasteiger partial charge in [0, 0.05) is 0 Å². The predicted octanol–water partition coefficient (Wildman–Crippen LogP) is 5.63. The number of ether oxygens (including phenoxy) is 2. The number of hydrogen-bond acceptors (Lipinski definition) is 5. The van der Waals surface area contributed by atoms with E-state index in [0.29, 0.717) is 28.2 Å². The second-order valence-corrected chi connectivity index (χ2v) is 8.70. The van der Waals surface area contributed by atoms with Crippen LogP contribution in [-0.2, 0) is 11.3 Å².